The van der Waals surface area contributed by atoms with E-state index in [2.05, 4.69) is 15.6 Å². The van der Waals surface area contributed by atoms with Gasteiger partial charge in [0.05, 0.1) is 0 Å². The van der Waals surface area contributed by atoms with E-state index in [9.17, 15) is 14.7 Å². The van der Waals surface area contributed by atoms with Crippen LogP contribution in [-0.4, -0.2) is 28.4 Å². The van der Waals surface area contributed by atoms with Crippen LogP contribution < -0.4 is 10.6 Å². The zero-order valence-corrected chi connectivity index (χ0v) is 12.2. The number of benzene rings is 1. The van der Waals surface area contributed by atoms with Crippen LogP contribution in [0.15, 0.2) is 42.6 Å². The summed E-state index contributed by atoms with van der Waals surface area (Å²) >= 11 is 0. The van der Waals surface area contributed by atoms with E-state index in [4.69, 9.17) is 0 Å². The molecule has 0 aliphatic heterocycles. The number of nitrogens with one attached hydrogen (secondary N) is 2. The summed E-state index contributed by atoms with van der Waals surface area (Å²) in [5.74, 6) is -0.539. The fraction of sp³-hybridized carbons (Fsp3) is 0.188. The third-order valence-electron chi connectivity index (χ3n) is 3.07. The highest BCUT2D eigenvalue weighted by Crippen LogP contribution is 2.18. The van der Waals surface area contributed by atoms with E-state index in [1.165, 1.54) is 12.3 Å². The van der Waals surface area contributed by atoms with Gasteiger partial charge in [-0.05, 0) is 30.7 Å². The first-order valence-corrected chi connectivity index (χ1v) is 6.85. The first kappa shape index (κ1) is 15.5. The number of amides is 2. The van der Waals surface area contributed by atoms with Gasteiger partial charge in [0.1, 0.15) is 0 Å². The van der Waals surface area contributed by atoms with Gasteiger partial charge in [-0.2, -0.15) is 0 Å². The van der Waals surface area contributed by atoms with Crippen molar-refractivity contribution in [2.24, 2.45) is 0 Å². The number of rotatable bonds is 5. The van der Waals surface area contributed by atoms with Gasteiger partial charge < -0.3 is 15.7 Å². The Bertz CT molecular complexity index is 686. The van der Waals surface area contributed by atoms with Crippen molar-refractivity contribution >= 4 is 17.6 Å². The predicted molar refractivity (Wildman–Crippen MR) is 82.7 cm³/mol. The number of hydrogen-bond acceptors (Lipinski definition) is 4. The van der Waals surface area contributed by atoms with Gasteiger partial charge >= 0.3 is 0 Å². The Morgan fingerprint density at radius 1 is 1.18 bits per heavy atom. The molecule has 1 aromatic heterocycles. The molecular weight excluding hydrogens is 282 g/mol. The Morgan fingerprint density at radius 3 is 2.68 bits per heavy atom. The third kappa shape index (κ3) is 4.05. The van der Waals surface area contributed by atoms with Crippen LogP contribution in [0.1, 0.15) is 22.3 Å². The molecule has 0 aliphatic carbocycles. The summed E-state index contributed by atoms with van der Waals surface area (Å²) in [5, 5.41) is 14.7. The Balaban J connectivity index is 1.81. The van der Waals surface area contributed by atoms with E-state index in [0.717, 1.165) is 5.56 Å². The summed E-state index contributed by atoms with van der Waals surface area (Å²) in [7, 11) is 0. The lowest BCUT2D eigenvalue weighted by atomic mass is 10.1. The van der Waals surface area contributed by atoms with Crippen molar-refractivity contribution in [3.63, 3.8) is 0 Å². The smallest absolute Gasteiger partial charge is 0.251 e. The van der Waals surface area contributed by atoms with E-state index in [-0.39, 0.29) is 36.3 Å². The Morgan fingerprint density at radius 2 is 1.95 bits per heavy atom. The number of pyridine rings is 1. The van der Waals surface area contributed by atoms with Crippen molar-refractivity contribution < 1.29 is 14.7 Å². The summed E-state index contributed by atoms with van der Waals surface area (Å²) in [5.41, 5.74) is 1.47. The number of aromatic hydroxyl groups is 1. The van der Waals surface area contributed by atoms with E-state index < -0.39 is 0 Å². The molecule has 0 saturated carbocycles. The second kappa shape index (κ2) is 7.21. The highest BCUT2D eigenvalue weighted by atomic mass is 16.3. The molecule has 2 rings (SSSR count). The second-order valence-electron chi connectivity index (χ2n) is 4.74. The maximum absolute atomic E-state index is 12.0. The van der Waals surface area contributed by atoms with Crippen LogP contribution in [0.25, 0.3) is 0 Å². The summed E-state index contributed by atoms with van der Waals surface area (Å²) < 4.78 is 0. The standard InChI is InChI=1S/C16H17N3O3/c1-11-5-2-3-6-12(11)16(22)18-10-8-14(21)19-15-13(20)7-4-9-17-15/h2-7,9,20H,8,10H2,1H3,(H,18,22)(H,17,19,21). The fourth-order valence-electron chi connectivity index (χ4n) is 1.90. The first-order chi connectivity index (χ1) is 10.6. The Labute approximate surface area is 128 Å². The third-order valence-corrected chi connectivity index (χ3v) is 3.07. The van der Waals surface area contributed by atoms with Crippen molar-refractivity contribution in [3.8, 4) is 5.75 Å². The quantitative estimate of drug-likeness (QED) is 0.786. The minimum Gasteiger partial charge on any atom is -0.504 e. The highest BCUT2D eigenvalue weighted by Gasteiger charge is 2.10. The zero-order valence-electron chi connectivity index (χ0n) is 12.2. The first-order valence-electron chi connectivity index (χ1n) is 6.85. The van der Waals surface area contributed by atoms with Crippen molar-refractivity contribution in [1.29, 1.82) is 0 Å². The van der Waals surface area contributed by atoms with Crippen LogP contribution >= 0.6 is 0 Å². The Hall–Kier alpha value is -2.89. The number of aryl methyl sites for hydroxylation is 1. The molecule has 0 spiro atoms. The molecule has 114 valence electrons. The molecule has 0 bridgehead atoms. The minimum atomic E-state index is -0.334. The van der Waals surface area contributed by atoms with Gasteiger partial charge in [0, 0.05) is 24.7 Å². The molecule has 1 aromatic carbocycles. The van der Waals surface area contributed by atoms with Gasteiger partial charge in [-0.1, -0.05) is 18.2 Å². The Kier molecular flexibility index (Phi) is 5.08. The van der Waals surface area contributed by atoms with Gasteiger partial charge in [-0.25, -0.2) is 4.98 Å². The van der Waals surface area contributed by atoms with Gasteiger partial charge in [0.25, 0.3) is 5.91 Å². The van der Waals surface area contributed by atoms with Gasteiger partial charge in [0.2, 0.25) is 5.91 Å². The van der Waals surface area contributed by atoms with Gasteiger partial charge in [-0.15, -0.1) is 0 Å². The van der Waals surface area contributed by atoms with Crippen molar-refractivity contribution in [2.45, 2.75) is 13.3 Å². The monoisotopic (exact) mass is 299 g/mol. The second-order valence-corrected chi connectivity index (χ2v) is 4.74. The van der Waals surface area contributed by atoms with Crippen molar-refractivity contribution in [3.05, 3.63) is 53.7 Å². The van der Waals surface area contributed by atoms with E-state index >= 15 is 0 Å². The average Bonchev–Trinajstić information content (AvgIpc) is 2.50. The summed E-state index contributed by atoms with van der Waals surface area (Å²) in [6.07, 6.45) is 1.56. The number of carbonyl (C=O) groups excluding carboxylic acids is 2. The van der Waals surface area contributed by atoms with Crippen LogP contribution in [0, 0.1) is 6.92 Å². The molecule has 22 heavy (non-hydrogen) atoms. The number of aromatic nitrogens is 1. The predicted octanol–water partition coefficient (Wildman–Crippen LogP) is 1.85. The molecule has 3 N–H and O–H groups in total. The molecule has 2 aromatic rings. The highest BCUT2D eigenvalue weighted by molar-refractivity contribution is 5.96. The molecule has 0 aliphatic rings. The van der Waals surface area contributed by atoms with Crippen LogP contribution in [0.5, 0.6) is 5.75 Å². The van der Waals surface area contributed by atoms with Crippen molar-refractivity contribution in [1.82, 2.24) is 10.3 Å². The maximum Gasteiger partial charge on any atom is 0.251 e. The molecule has 6 heteroatoms. The van der Waals surface area contributed by atoms with Gasteiger partial charge in [0.15, 0.2) is 11.6 Å². The molecular formula is C16H17N3O3. The SMILES string of the molecule is Cc1ccccc1C(=O)NCCC(=O)Nc1ncccc1O. The molecule has 0 unspecified atom stereocenters. The van der Waals surface area contributed by atoms with Crippen LogP contribution in [0.4, 0.5) is 5.82 Å². The lowest BCUT2D eigenvalue weighted by Gasteiger charge is -2.08. The molecule has 1 heterocycles. The molecule has 0 fully saturated rings. The average molecular weight is 299 g/mol. The normalized spacial score (nSPS) is 10.0. The fourth-order valence-corrected chi connectivity index (χ4v) is 1.90. The number of nitrogens with zero attached hydrogens (tertiary/aromatic N) is 1. The van der Waals surface area contributed by atoms with Crippen LogP contribution in [0.2, 0.25) is 0 Å². The molecule has 2 amide bonds. The van der Waals surface area contributed by atoms with Crippen molar-refractivity contribution in [2.75, 3.05) is 11.9 Å². The lowest BCUT2D eigenvalue weighted by molar-refractivity contribution is -0.116. The van der Waals surface area contributed by atoms with Crippen LogP contribution in [0.3, 0.4) is 0 Å². The number of carbonyl (C=O) groups is 2. The minimum absolute atomic E-state index is 0.0909. The number of anilines is 1. The molecule has 0 saturated heterocycles. The largest absolute Gasteiger partial charge is 0.504 e. The summed E-state index contributed by atoms with van der Waals surface area (Å²) in [6.45, 7) is 2.05. The van der Waals surface area contributed by atoms with E-state index in [1.807, 2.05) is 19.1 Å². The van der Waals surface area contributed by atoms with Crippen LogP contribution in [-0.2, 0) is 4.79 Å². The molecule has 0 atom stereocenters. The molecule has 0 radical (unpaired) electrons. The number of hydrogen-bond donors (Lipinski definition) is 3. The lowest BCUT2D eigenvalue weighted by Crippen LogP contribution is -2.28. The topological polar surface area (TPSA) is 91.3 Å². The van der Waals surface area contributed by atoms with Gasteiger partial charge in [-0.3, -0.25) is 9.59 Å². The summed E-state index contributed by atoms with van der Waals surface area (Å²) in [6, 6.07) is 10.2. The zero-order chi connectivity index (χ0) is 15.9. The van der Waals surface area contributed by atoms with E-state index in [1.54, 1.807) is 18.2 Å². The summed E-state index contributed by atoms with van der Waals surface area (Å²) in [4.78, 5) is 27.6. The van der Waals surface area contributed by atoms with E-state index in [0.29, 0.717) is 5.56 Å². The molecule has 6 nitrogen and oxygen atoms in total. The maximum atomic E-state index is 12.0.